The van der Waals surface area contributed by atoms with Gasteiger partial charge in [0.2, 0.25) is 0 Å². The van der Waals surface area contributed by atoms with Gasteiger partial charge in [-0.2, -0.15) is 0 Å². The number of rotatable bonds is 3. The monoisotopic (exact) mass is 381 g/mol. The van der Waals surface area contributed by atoms with E-state index in [0.29, 0.717) is 6.10 Å². The van der Waals surface area contributed by atoms with Crippen molar-refractivity contribution in [1.82, 2.24) is 4.90 Å². The van der Waals surface area contributed by atoms with Crippen LogP contribution in [0, 0.1) is 0 Å². The Morgan fingerprint density at radius 1 is 1.59 bits per heavy atom. The van der Waals surface area contributed by atoms with E-state index in [9.17, 15) is 0 Å². The van der Waals surface area contributed by atoms with Crippen LogP contribution in [0.4, 0.5) is 0 Å². The van der Waals surface area contributed by atoms with Crippen LogP contribution < -0.4 is 0 Å². The van der Waals surface area contributed by atoms with Gasteiger partial charge in [-0.05, 0) is 35.8 Å². The maximum Gasteiger partial charge on any atom is 0.0806 e. The molecule has 1 aliphatic heterocycles. The number of hydrogen-bond acceptors (Lipinski definition) is 3. The molecule has 0 aliphatic carbocycles. The summed E-state index contributed by atoms with van der Waals surface area (Å²) in [6, 6.07) is 2.20. The smallest absolute Gasteiger partial charge is 0.0806 e. The zero-order valence-corrected chi connectivity index (χ0v) is 14.1. The van der Waals surface area contributed by atoms with Gasteiger partial charge in [-0.1, -0.05) is 15.9 Å². The molecule has 17 heavy (non-hydrogen) atoms. The van der Waals surface area contributed by atoms with E-state index < -0.39 is 0 Å². The van der Waals surface area contributed by atoms with Gasteiger partial charge in [0, 0.05) is 39.7 Å². The molecule has 0 spiro atoms. The standard InChI is InChI=1S/C12H17Br2NOS/c1-12(2)8-15(5-10(4-13)16-12)6-11-3-9(14)7-17-11/h3,7,10H,4-6,8H2,1-2H3. The molecule has 1 saturated heterocycles. The third-order valence-corrected chi connectivity index (χ3v) is 5.13. The highest BCUT2D eigenvalue weighted by Gasteiger charge is 2.32. The molecule has 0 amide bonds. The number of alkyl halides is 1. The van der Waals surface area contributed by atoms with Gasteiger partial charge in [0.05, 0.1) is 11.7 Å². The summed E-state index contributed by atoms with van der Waals surface area (Å²) >= 11 is 8.84. The van der Waals surface area contributed by atoms with Gasteiger partial charge >= 0.3 is 0 Å². The quantitative estimate of drug-likeness (QED) is 0.735. The van der Waals surface area contributed by atoms with Crippen LogP contribution in [0.15, 0.2) is 15.9 Å². The normalized spacial score (nSPS) is 25.1. The van der Waals surface area contributed by atoms with Crippen molar-refractivity contribution in [2.24, 2.45) is 0 Å². The summed E-state index contributed by atoms with van der Waals surface area (Å²) < 4.78 is 7.18. The molecule has 0 aromatic carbocycles. The molecule has 1 atom stereocenters. The average molecular weight is 383 g/mol. The second-order valence-electron chi connectivity index (χ2n) is 5.05. The van der Waals surface area contributed by atoms with Crippen molar-refractivity contribution >= 4 is 43.2 Å². The maximum atomic E-state index is 6.00. The van der Waals surface area contributed by atoms with Gasteiger partial charge < -0.3 is 4.74 Å². The second kappa shape index (κ2) is 5.70. The SMILES string of the molecule is CC1(C)CN(Cc2cc(Br)cs2)CC(CBr)O1. The van der Waals surface area contributed by atoms with Crippen LogP contribution in [-0.2, 0) is 11.3 Å². The van der Waals surface area contributed by atoms with Gasteiger partial charge in [0.25, 0.3) is 0 Å². The minimum Gasteiger partial charge on any atom is -0.369 e. The first-order valence-corrected chi connectivity index (χ1v) is 8.47. The molecule has 5 heteroatoms. The molecule has 96 valence electrons. The van der Waals surface area contributed by atoms with Crippen molar-refractivity contribution in [3.63, 3.8) is 0 Å². The molecule has 1 unspecified atom stereocenters. The third kappa shape index (κ3) is 4.03. The topological polar surface area (TPSA) is 12.5 Å². The molecule has 2 rings (SSSR count). The van der Waals surface area contributed by atoms with Crippen LogP contribution in [0.1, 0.15) is 18.7 Å². The Labute approximate surface area is 124 Å². The Hall–Kier alpha value is 0.580. The Bertz CT molecular complexity index is 380. The van der Waals surface area contributed by atoms with Crippen LogP contribution >= 0.6 is 43.2 Å². The number of hydrogen-bond donors (Lipinski definition) is 0. The van der Waals surface area contributed by atoms with Crippen LogP contribution in [0.3, 0.4) is 0 Å². The fraction of sp³-hybridized carbons (Fsp3) is 0.667. The summed E-state index contributed by atoms with van der Waals surface area (Å²) in [5, 5.41) is 3.05. The first-order chi connectivity index (χ1) is 7.98. The van der Waals surface area contributed by atoms with Crippen molar-refractivity contribution < 1.29 is 4.74 Å². The van der Waals surface area contributed by atoms with Crippen molar-refractivity contribution in [3.05, 3.63) is 20.8 Å². The molecule has 0 radical (unpaired) electrons. The average Bonchev–Trinajstić information content (AvgIpc) is 2.61. The van der Waals surface area contributed by atoms with Crippen LogP contribution in [-0.4, -0.2) is 35.0 Å². The highest BCUT2D eigenvalue weighted by molar-refractivity contribution is 9.10. The number of nitrogens with zero attached hydrogens (tertiary/aromatic N) is 1. The second-order valence-corrected chi connectivity index (χ2v) is 7.61. The molecule has 1 aromatic rings. The van der Waals surface area contributed by atoms with E-state index in [2.05, 4.69) is 62.1 Å². The van der Waals surface area contributed by atoms with Crippen molar-refractivity contribution in [3.8, 4) is 0 Å². The van der Waals surface area contributed by atoms with Gasteiger partial charge in [-0.25, -0.2) is 0 Å². The van der Waals surface area contributed by atoms with Crippen LogP contribution in [0.2, 0.25) is 0 Å². The largest absolute Gasteiger partial charge is 0.369 e. The molecule has 0 N–H and O–H groups in total. The number of thiophene rings is 1. The van der Waals surface area contributed by atoms with E-state index in [1.54, 1.807) is 0 Å². The lowest BCUT2D eigenvalue weighted by Gasteiger charge is -2.42. The van der Waals surface area contributed by atoms with Gasteiger partial charge in [-0.15, -0.1) is 11.3 Å². The lowest BCUT2D eigenvalue weighted by molar-refractivity contribution is -0.128. The van der Waals surface area contributed by atoms with Crippen molar-refractivity contribution in [2.45, 2.75) is 32.1 Å². The lowest BCUT2D eigenvalue weighted by atomic mass is 10.1. The van der Waals surface area contributed by atoms with E-state index in [1.165, 1.54) is 9.35 Å². The number of halogens is 2. The predicted octanol–water partition coefficient (Wildman–Crippen LogP) is 3.88. The summed E-state index contributed by atoms with van der Waals surface area (Å²) in [5.74, 6) is 0. The fourth-order valence-electron chi connectivity index (χ4n) is 2.27. The third-order valence-electron chi connectivity index (χ3n) is 2.73. The zero-order chi connectivity index (χ0) is 12.5. The summed E-state index contributed by atoms with van der Waals surface area (Å²) in [6.07, 6.45) is 0.294. The minimum atomic E-state index is -0.0504. The van der Waals surface area contributed by atoms with E-state index in [4.69, 9.17) is 4.74 Å². The van der Waals surface area contributed by atoms with Crippen LogP contribution in [0.5, 0.6) is 0 Å². The molecule has 1 aromatic heterocycles. The van der Waals surface area contributed by atoms with Crippen molar-refractivity contribution in [1.29, 1.82) is 0 Å². The summed E-state index contributed by atoms with van der Waals surface area (Å²) in [4.78, 5) is 3.89. The van der Waals surface area contributed by atoms with E-state index >= 15 is 0 Å². The Kier molecular flexibility index (Phi) is 4.69. The number of morpholine rings is 1. The predicted molar refractivity (Wildman–Crippen MR) is 80.0 cm³/mol. The van der Waals surface area contributed by atoms with Crippen molar-refractivity contribution in [2.75, 3.05) is 18.4 Å². The first kappa shape index (κ1) is 14.0. The van der Waals surface area contributed by atoms with E-state index in [0.717, 1.165) is 25.0 Å². The molecule has 0 bridgehead atoms. The summed E-state index contributed by atoms with van der Waals surface area (Å²) in [7, 11) is 0. The summed E-state index contributed by atoms with van der Waals surface area (Å²) in [5.41, 5.74) is -0.0504. The minimum absolute atomic E-state index is 0.0504. The Morgan fingerprint density at radius 2 is 2.35 bits per heavy atom. The molecule has 1 fully saturated rings. The zero-order valence-electron chi connectivity index (χ0n) is 10.1. The first-order valence-electron chi connectivity index (χ1n) is 5.67. The highest BCUT2D eigenvalue weighted by atomic mass is 79.9. The molecular weight excluding hydrogens is 366 g/mol. The molecule has 1 aliphatic rings. The summed E-state index contributed by atoms with van der Waals surface area (Å²) in [6.45, 7) is 7.35. The molecule has 0 saturated carbocycles. The molecule has 2 nitrogen and oxygen atoms in total. The van der Waals surface area contributed by atoms with Gasteiger partial charge in [0.1, 0.15) is 0 Å². The van der Waals surface area contributed by atoms with E-state index in [-0.39, 0.29) is 5.60 Å². The highest BCUT2D eigenvalue weighted by Crippen LogP contribution is 2.26. The molecular formula is C12H17Br2NOS. The van der Waals surface area contributed by atoms with Gasteiger partial charge in [0.15, 0.2) is 0 Å². The van der Waals surface area contributed by atoms with E-state index in [1.807, 2.05) is 11.3 Å². The maximum absolute atomic E-state index is 6.00. The van der Waals surface area contributed by atoms with Gasteiger partial charge in [-0.3, -0.25) is 4.90 Å². The van der Waals surface area contributed by atoms with Crippen LogP contribution in [0.25, 0.3) is 0 Å². The lowest BCUT2D eigenvalue weighted by Crippen LogP contribution is -2.52. The number of ether oxygens (including phenoxy) is 1. The Morgan fingerprint density at radius 3 is 2.94 bits per heavy atom. The fourth-order valence-corrected chi connectivity index (χ4v) is 4.10. The Balaban J connectivity index is 2.00. The molecule has 2 heterocycles.